The van der Waals surface area contributed by atoms with E-state index >= 15 is 0 Å². The number of amides is 3. The number of urea groups is 1. The number of carbonyl (C=O) groups excluding carboxylic acids is 2. The van der Waals surface area contributed by atoms with Crippen molar-refractivity contribution in [2.45, 2.75) is 33.0 Å². The molecule has 1 fully saturated rings. The second-order valence-corrected chi connectivity index (χ2v) is 8.12. The van der Waals surface area contributed by atoms with Gasteiger partial charge in [-0.15, -0.1) is 0 Å². The minimum atomic E-state index is -0.625. The Hall–Kier alpha value is -3.47. The zero-order valence-electron chi connectivity index (χ0n) is 19.3. The number of nitrogens with one attached hydrogen (secondary N) is 2. The molecule has 11 heteroatoms. The number of fused-ring (bicyclic) bond motifs is 1. The topological polar surface area (TPSA) is 109 Å². The minimum absolute atomic E-state index is 0.0432. The first-order valence-electron chi connectivity index (χ1n) is 11.4. The van der Waals surface area contributed by atoms with Crippen LogP contribution in [0.2, 0.25) is 0 Å². The lowest BCUT2D eigenvalue weighted by Crippen LogP contribution is -2.44. The first-order valence-corrected chi connectivity index (χ1v) is 11.4. The summed E-state index contributed by atoms with van der Waals surface area (Å²) in [5, 5.41) is 5.08. The van der Waals surface area contributed by atoms with Crippen molar-refractivity contribution in [3.05, 3.63) is 35.5 Å². The zero-order valence-corrected chi connectivity index (χ0v) is 19.3. The SMILES string of the molecule is CCOC(=O)N1Cc2nc(-c3ccc(NC(=O)NCCF)cc3)nc(N3CCOC[C@@H]3C)c2C1. The Labute approximate surface area is 197 Å². The summed E-state index contributed by atoms with van der Waals surface area (Å²) in [4.78, 5) is 37.6. The van der Waals surface area contributed by atoms with Crippen LogP contribution in [0.5, 0.6) is 0 Å². The van der Waals surface area contributed by atoms with E-state index in [1.807, 2.05) is 12.1 Å². The Balaban J connectivity index is 1.62. The normalized spacial score (nSPS) is 17.3. The highest BCUT2D eigenvalue weighted by molar-refractivity contribution is 5.89. The molecule has 0 aliphatic carbocycles. The van der Waals surface area contributed by atoms with Crippen LogP contribution in [0, 0.1) is 0 Å². The van der Waals surface area contributed by atoms with Crippen LogP contribution in [0.15, 0.2) is 24.3 Å². The van der Waals surface area contributed by atoms with Gasteiger partial charge in [0.05, 0.1) is 44.6 Å². The van der Waals surface area contributed by atoms with E-state index < -0.39 is 12.7 Å². The van der Waals surface area contributed by atoms with Gasteiger partial charge in [0.1, 0.15) is 12.5 Å². The number of alkyl halides is 1. The van der Waals surface area contributed by atoms with Gasteiger partial charge in [0, 0.05) is 29.9 Å². The molecular formula is C23H29FN6O4. The lowest BCUT2D eigenvalue weighted by atomic mass is 10.1. The largest absolute Gasteiger partial charge is 0.450 e. The van der Waals surface area contributed by atoms with Crippen LogP contribution in [-0.4, -0.2) is 72.6 Å². The Morgan fingerprint density at radius 3 is 2.74 bits per heavy atom. The summed E-state index contributed by atoms with van der Waals surface area (Å²) < 4.78 is 23.0. The number of ether oxygens (including phenoxy) is 2. The second-order valence-electron chi connectivity index (χ2n) is 8.12. The number of rotatable bonds is 6. The van der Waals surface area contributed by atoms with Crippen molar-refractivity contribution in [2.24, 2.45) is 0 Å². The number of hydrogen-bond donors (Lipinski definition) is 2. The Morgan fingerprint density at radius 2 is 2.03 bits per heavy atom. The molecule has 2 N–H and O–H groups in total. The van der Waals surface area contributed by atoms with Crippen LogP contribution >= 0.6 is 0 Å². The van der Waals surface area contributed by atoms with Crippen LogP contribution in [0.4, 0.5) is 25.5 Å². The summed E-state index contributed by atoms with van der Waals surface area (Å²) >= 11 is 0. The molecule has 34 heavy (non-hydrogen) atoms. The van der Waals surface area contributed by atoms with Gasteiger partial charge in [-0.25, -0.2) is 23.9 Å². The number of nitrogens with zero attached hydrogens (tertiary/aromatic N) is 4. The van der Waals surface area contributed by atoms with Crippen molar-refractivity contribution in [3.63, 3.8) is 0 Å². The average Bonchev–Trinajstić information content (AvgIpc) is 3.28. The van der Waals surface area contributed by atoms with Crippen molar-refractivity contribution in [1.29, 1.82) is 0 Å². The molecule has 2 aromatic rings. The molecule has 1 saturated heterocycles. The highest BCUT2D eigenvalue weighted by atomic mass is 19.1. The number of morpholine rings is 1. The first-order chi connectivity index (χ1) is 16.5. The summed E-state index contributed by atoms with van der Waals surface area (Å²) in [6.07, 6.45) is -0.371. The average molecular weight is 473 g/mol. The van der Waals surface area contributed by atoms with E-state index in [1.54, 1.807) is 24.0 Å². The summed E-state index contributed by atoms with van der Waals surface area (Å²) in [5.41, 5.74) is 3.05. The van der Waals surface area contributed by atoms with E-state index in [1.165, 1.54) is 0 Å². The van der Waals surface area contributed by atoms with E-state index in [-0.39, 0.29) is 18.7 Å². The van der Waals surface area contributed by atoms with Gasteiger partial charge in [-0.3, -0.25) is 4.90 Å². The minimum Gasteiger partial charge on any atom is -0.450 e. The quantitative estimate of drug-likeness (QED) is 0.665. The summed E-state index contributed by atoms with van der Waals surface area (Å²) in [5.74, 6) is 1.34. The van der Waals surface area contributed by atoms with E-state index in [2.05, 4.69) is 22.5 Å². The third kappa shape index (κ3) is 5.19. The van der Waals surface area contributed by atoms with Crippen molar-refractivity contribution in [3.8, 4) is 11.4 Å². The van der Waals surface area contributed by atoms with Crippen molar-refractivity contribution >= 4 is 23.6 Å². The fourth-order valence-corrected chi connectivity index (χ4v) is 4.03. The van der Waals surface area contributed by atoms with Gasteiger partial charge in [0.2, 0.25) is 0 Å². The standard InChI is InChI=1S/C23H29FN6O4/c1-3-34-23(32)29-12-18-19(13-29)27-20(28-21(18)30-10-11-33-14-15(30)2)16-4-6-17(7-5-16)26-22(31)25-9-8-24/h4-7,15H,3,8-14H2,1-2H3,(H2,25,26,31)/t15-/m0/s1. The summed E-state index contributed by atoms with van der Waals surface area (Å²) in [6, 6.07) is 6.77. The molecule has 2 aliphatic heterocycles. The summed E-state index contributed by atoms with van der Waals surface area (Å²) in [7, 11) is 0. The van der Waals surface area contributed by atoms with Crippen LogP contribution in [0.3, 0.4) is 0 Å². The van der Waals surface area contributed by atoms with Crippen molar-refractivity contribution < 1.29 is 23.5 Å². The lowest BCUT2D eigenvalue weighted by molar-refractivity contribution is 0.0980. The molecule has 1 aromatic heterocycles. The van der Waals surface area contributed by atoms with Gasteiger partial charge < -0.3 is 25.0 Å². The van der Waals surface area contributed by atoms with Gasteiger partial charge in [-0.2, -0.15) is 0 Å². The third-order valence-corrected chi connectivity index (χ3v) is 5.71. The molecule has 0 saturated carbocycles. The van der Waals surface area contributed by atoms with Crippen LogP contribution < -0.4 is 15.5 Å². The highest BCUT2D eigenvalue weighted by Crippen LogP contribution is 2.33. The molecule has 0 bridgehead atoms. The van der Waals surface area contributed by atoms with Crippen molar-refractivity contribution in [2.75, 3.05) is 49.8 Å². The monoisotopic (exact) mass is 472 g/mol. The Kier molecular flexibility index (Phi) is 7.41. The lowest BCUT2D eigenvalue weighted by Gasteiger charge is -2.35. The highest BCUT2D eigenvalue weighted by Gasteiger charge is 2.33. The van der Waals surface area contributed by atoms with Gasteiger partial charge in [0.25, 0.3) is 0 Å². The van der Waals surface area contributed by atoms with E-state index in [0.29, 0.717) is 51.0 Å². The van der Waals surface area contributed by atoms with Gasteiger partial charge >= 0.3 is 12.1 Å². The molecule has 1 atom stereocenters. The molecule has 2 aliphatic rings. The van der Waals surface area contributed by atoms with E-state index in [0.717, 1.165) is 22.6 Å². The fourth-order valence-electron chi connectivity index (χ4n) is 4.03. The first kappa shape index (κ1) is 23.7. The molecular weight excluding hydrogens is 443 g/mol. The van der Waals surface area contributed by atoms with Crippen LogP contribution in [0.25, 0.3) is 11.4 Å². The maximum absolute atomic E-state index is 12.4. The van der Waals surface area contributed by atoms with Gasteiger partial charge in [-0.05, 0) is 38.1 Å². The molecule has 4 rings (SSSR count). The Morgan fingerprint density at radius 1 is 1.24 bits per heavy atom. The number of hydrogen-bond acceptors (Lipinski definition) is 7. The predicted molar refractivity (Wildman–Crippen MR) is 124 cm³/mol. The van der Waals surface area contributed by atoms with Crippen LogP contribution in [0.1, 0.15) is 25.1 Å². The number of carbonyl (C=O) groups is 2. The smallest absolute Gasteiger partial charge is 0.410 e. The molecule has 0 unspecified atom stereocenters. The van der Waals surface area contributed by atoms with Crippen LogP contribution in [-0.2, 0) is 22.6 Å². The molecule has 1 aromatic carbocycles. The van der Waals surface area contributed by atoms with E-state index in [9.17, 15) is 14.0 Å². The van der Waals surface area contributed by atoms with E-state index in [4.69, 9.17) is 19.4 Å². The predicted octanol–water partition coefficient (Wildman–Crippen LogP) is 2.93. The molecule has 3 heterocycles. The molecule has 3 amide bonds. The van der Waals surface area contributed by atoms with Gasteiger partial charge in [0.15, 0.2) is 5.82 Å². The number of halogens is 1. The number of anilines is 2. The molecule has 0 radical (unpaired) electrons. The maximum atomic E-state index is 12.4. The fraction of sp³-hybridized carbons (Fsp3) is 0.478. The zero-order chi connectivity index (χ0) is 24.1. The summed E-state index contributed by atoms with van der Waals surface area (Å²) in [6.45, 7) is 6.14. The molecule has 182 valence electrons. The third-order valence-electron chi connectivity index (χ3n) is 5.71. The molecule has 10 nitrogen and oxygen atoms in total. The number of aromatic nitrogens is 2. The second kappa shape index (κ2) is 10.6. The van der Waals surface area contributed by atoms with Crippen molar-refractivity contribution in [1.82, 2.24) is 20.2 Å². The molecule has 0 spiro atoms. The maximum Gasteiger partial charge on any atom is 0.410 e. The number of benzene rings is 1. The Bertz CT molecular complexity index is 1030. The van der Waals surface area contributed by atoms with Gasteiger partial charge in [-0.1, -0.05) is 0 Å².